The van der Waals surface area contributed by atoms with E-state index in [4.69, 9.17) is 0 Å². The van der Waals surface area contributed by atoms with Gasteiger partial charge in [-0.25, -0.2) is 4.68 Å². The lowest BCUT2D eigenvalue weighted by atomic mass is 10.2. The van der Waals surface area contributed by atoms with E-state index in [2.05, 4.69) is 44.4 Å². The third kappa shape index (κ3) is 2.37. The third-order valence-electron chi connectivity index (χ3n) is 4.17. The predicted molar refractivity (Wildman–Crippen MR) is 88.0 cm³/mol. The highest BCUT2D eigenvalue weighted by Gasteiger charge is 2.14. The van der Waals surface area contributed by atoms with Crippen molar-refractivity contribution >= 4 is 21.8 Å². The molecule has 0 aliphatic heterocycles. The first kappa shape index (κ1) is 13.9. The number of aryl methyl sites for hydroxylation is 1. The van der Waals surface area contributed by atoms with Crippen molar-refractivity contribution < 1.29 is 5.11 Å². The lowest BCUT2D eigenvalue weighted by Crippen LogP contribution is -2.23. The summed E-state index contributed by atoms with van der Waals surface area (Å²) in [6, 6.07) is 16.5. The van der Waals surface area contributed by atoms with Crippen molar-refractivity contribution in [2.24, 2.45) is 0 Å². The van der Waals surface area contributed by atoms with Crippen molar-refractivity contribution in [3.63, 3.8) is 0 Å². The quantitative estimate of drug-likeness (QED) is 0.627. The molecule has 0 unspecified atom stereocenters. The molecule has 0 saturated heterocycles. The molecule has 0 radical (unpaired) electrons. The Labute approximate surface area is 133 Å². The Kier molecular flexibility index (Phi) is 3.31. The lowest BCUT2D eigenvalue weighted by molar-refractivity contribution is 0.131. The second-order valence-corrected chi connectivity index (χ2v) is 5.71. The maximum absolute atomic E-state index is 10.5. The van der Waals surface area contributed by atoms with Crippen LogP contribution in [0.2, 0.25) is 0 Å². The summed E-state index contributed by atoms with van der Waals surface area (Å²) in [6.45, 7) is 2.69. The van der Waals surface area contributed by atoms with Crippen LogP contribution in [0.3, 0.4) is 0 Å². The fraction of sp³-hybridized carbons (Fsp3) is 0.235. The molecule has 6 nitrogen and oxygen atoms in total. The van der Waals surface area contributed by atoms with Crippen molar-refractivity contribution in [3.8, 4) is 0 Å². The maximum Gasteiger partial charge on any atom is 0.148 e. The molecule has 116 valence electrons. The number of aromatic nitrogens is 5. The van der Waals surface area contributed by atoms with Crippen LogP contribution in [-0.2, 0) is 13.1 Å². The molecule has 0 aliphatic carbocycles. The van der Waals surface area contributed by atoms with E-state index < -0.39 is 6.10 Å². The highest BCUT2D eigenvalue weighted by Crippen LogP contribution is 2.28. The van der Waals surface area contributed by atoms with Gasteiger partial charge in [-0.15, -0.1) is 5.10 Å². The SMILES string of the molecule is Cc1nnnn1C[C@H](O)Cn1c2ccccc2c2ccccc21. The predicted octanol–water partition coefficient (Wildman–Crippen LogP) is 2.15. The molecule has 6 heteroatoms. The van der Waals surface area contributed by atoms with Gasteiger partial charge in [-0.2, -0.15) is 0 Å². The zero-order valence-electron chi connectivity index (χ0n) is 12.8. The second-order valence-electron chi connectivity index (χ2n) is 5.71. The van der Waals surface area contributed by atoms with Gasteiger partial charge in [-0.3, -0.25) is 0 Å². The summed E-state index contributed by atoms with van der Waals surface area (Å²) in [5.41, 5.74) is 2.25. The van der Waals surface area contributed by atoms with Gasteiger partial charge in [0.05, 0.1) is 19.2 Å². The van der Waals surface area contributed by atoms with Crippen LogP contribution in [-0.4, -0.2) is 36.0 Å². The minimum atomic E-state index is -0.573. The number of aliphatic hydroxyl groups excluding tert-OH is 1. The molecule has 0 saturated carbocycles. The second kappa shape index (κ2) is 5.48. The number of hydrogen-bond donors (Lipinski definition) is 1. The number of hydrogen-bond acceptors (Lipinski definition) is 4. The van der Waals surface area contributed by atoms with Crippen molar-refractivity contribution in [3.05, 3.63) is 54.4 Å². The molecular weight excluding hydrogens is 290 g/mol. The summed E-state index contributed by atoms with van der Waals surface area (Å²) in [5, 5.41) is 24.3. The summed E-state index contributed by atoms with van der Waals surface area (Å²) < 4.78 is 3.79. The van der Waals surface area contributed by atoms with Crippen LogP contribution in [0.25, 0.3) is 21.8 Å². The Balaban J connectivity index is 1.74. The molecular formula is C17H17N5O. The Morgan fingerprint density at radius 3 is 2.13 bits per heavy atom. The van der Waals surface area contributed by atoms with E-state index in [1.54, 1.807) is 4.68 Å². The molecule has 2 heterocycles. The third-order valence-corrected chi connectivity index (χ3v) is 4.17. The topological polar surface area (TPSA) is 68.8 Å². The van der Waals surface area contributed by atoms with E-state index in [-0.39, 0.29) is 0 Å². The molecule has 23 heavy (non-hydrogen) atoms. The minimum Gasteiger partial charge on any atom is -0.389 e. The Bertz CT molecular complexity index is 918. The monoisotopic (exact) mass is 307 g/mol. The zero-order valence-corrected chi connectivity index (χ0v) is 12.8. The number of aliphatic hydroxyl groups is 1. The molecule has 0 fully saturated rings. The lowest BCUT2D eigenvalue weighted by Gasteiger charge is -2.14. The number of nitrogens with zero attached hydrogens (tertiary/aromatic N) is 5. The summed E-state index contributed by atoms with van der Waals surface area (Å²) >= 11 is 0. The van der Waals surface area contributed by atoms with Crippen molar-refractivity contribution in [1.29, 1.82) is 0 Å². The van der Waals surface area contributed by atoms with Crippen molar-refractivity contribution in [2.45, 2.75) is 26.1 Å². The number of benzene rings is 2. The molecule has 0 aliphatic rings. The summed E-state index contributed by atoms with van der Waals surface area (Å²) in [5.74, 6) is 0.700. The van der Waals surface area contributed by atoms with Gasteiger partial charge in [0.1, 0.15) is 5.82 Å². The van der Waals surface area contributed by atoms with Crippen LogP contribution in [0.15, 0.2) is 48.5 Å². The smallest absolute Gasteiger partial charge is 0.148 e. The Morgan fingerprint density at radius 2 is 1.57 bits per heavy atom. The van der Waals surface area contributed by atoms with E-state index in [0.29, 0.717) is 18.9 Å². The maximum atomic E-state index is 10.5. The Morgan fingerprint density at radius 1 is 0.957 bits per heavy atom. The van der Waals surface area contributed by atoms with E-state index >= 15 is 0 Å². The van der Waals surface area contributed by atoms with Gasteiger partial charge in [0, 0.05) is 21.8 Å². The van der Waals surface area contributed by atoms with Crippen LogP contribution in [0.1, 0.15) is 5.82 Å². The summed E-state index contributed by atoms with van der Waals surface area (Å²) in [7, 11) is 0. The van der Waals surface area contributed by atoms with Crippen LogP contribution >= 0.6 is 0 Å². The fourth-order valence-electron chi connectivity index (χ4n) is 3.09. The van der Waals surface area contributed by atoms with Crippen molar-refractivity contribution in [1.82, 2.24) is 24.8 Å². The molecule has 1 atom stereocenters. The van der Waals surface area contributed by atoms with Gasteiger partial charge in [0.25, 0.3) is 0 Å². The van der Waals surface area contributed by atoms with Gasteiger partial charge in [0.15, 0.2) is 0 Å². The van der Waals surface area contributed by atoms with Crippen molar-refractivity contribution in [2.75, 3.05) is 0 Å². The van der Waals surface area contributed by atoms with Crippen LogP contribution in [0.5, 0.6) is 0 Å². The molecule has 1 N–H and O–H groups in total. The van der Waals surface area contributed by atoms with E-state index in [0.717, 1.165) is 11.0 Å². The normalized spacial score (nSPS) is 13.0. The minimum absolute atomic E-state index is 0.375. The number of tetrazole rings is 1. The highest BCUT2D eigenvalue weighted by molar-refractivity contribution is 6.07. The molecule has 2 aromatic heterocycles. The van der Waals surface area contributed by atoms with E-state index in [1.165, 1.54) is 10.8 Å². The highest BCUT2D eigenvalue weighted by atomic mass is 16.3. The first-order chi connectivity index (χ1) is 11.2. The fourth-order valence-corrected chi connectivity index (χ4v) is 3.09. The van der Waals surface area contributed by atoms with Crippen LogP contribution < -0.4 is 0 Å². The van der Waals surface area contributed by atoms with Gasteiger partial charge in [0.2, 0.25) is 0 Å². The zero-order chi connectivity index (χ0) is 15.8. The first-order valence-corrected chi connectivity index (χ1v) is 7.61. The standard InChI is InChI=1S/C17H17N5O/c1-12-18-19-20-22(12)11-13(23)10-21-16-8-4-2-6-14(16)15-7-3-5-9-17(15)21/h2-9,13,23H,10-11H2,1H3/t13-/m1/s1. The molecule has 0 spiro atoms. The molecule has 0 amide bonds. The largest absolute Gasteiger partial charge is 0.389 e. The number of rotatable bonds is 4. The summed E-state index contributed by atoms with van der Waals surface area (Å²) in [4.78, 5) is 0. The molecule has 2 aromatic carbocycles. The van der Waals surface area contributed by atoms with Crippen LogP contribution in [0, 0.1) is 6.92 Å². The first-order valence-electron chi connectivity index (χ1n) is 7.61. The summed E-state index contributed by atoms with van der Waals surface area (Å²) in [6.07, 6.45) is -0.573. The van der Waals surface area contributed by atoms with Gasteiger partial charge in [-0.1, -0.05) is 36.4 Å². The molecule has 4 aromatic rings. The number of para-hydroxylation sites is 2. The number of fused-ring (bicyclic) bond motifs is 3. The van der Waals surface area contributed by atoms with E-state index in [9.17, 15) is 5.11 Å². The van der Waals surface area contributed by atoms with Gasteiger partial charge < -0.3 is 9.67 Å². The molecule has 0 bridgehead atoms. The van der Waals surface area contributed by atoms with Crippen LogP contribution in [0.4, 0.5) is 0 Å². The molecule has 4 rings (SSSR count). The van der Waals surface area contributed by atoms with Gasteiger partial charge in [-0.05, 0) is 29.5 Å². The average molecular weight is 307 g/mol. The Hall–Kier alpha value is -2.73. The van der Waals surface area contributed by atoms with Gasteiger partial charge >= 0.3 is 0 Å². The average Bonchev–Trinajstić information content (AvgIpc) is 3.11. The van der Waals surface area contributed by atoms with E-state index in [1.807, 2.05) is 31.2 Å².